The van der Waals surface area contributed by atoms with Crippen molar-refractivity contribution < 1.29 is 18.3 Å². The maximum atomic E-state index is 12.8. The van der Waals surface area contributed by atoms with Gasteiger partial charge in [-0.3, -0.25) is 4.72 Å². The minimum Gasteiger partial charge on any atom is -0.478 e. The van der Waals surface area contributed by atoms with E-state index in [0.29, 0.717) is 11.4 Å². The Hall–Kier alpha value is -2.61. The number of rotatable bonds is 5. The molecule has 1 saturated heterocycles. The number of nitrogens with zero attached hydrogens (tertiary/aromatic N) is 2. The highest BCUT2D eigenvalue weighted by atomic mass is 32.2. The van der Waals surface area contributed by atoms with Gasteiger partial charge in [-0.25, -0.2) is 18.2 Å². The summed E-state index contributed by atoms with van der Waals surface area (Å²) in [5.41, 5.74) is 0.732. The van der Waals surface area contributed by atoms with Crippen molar-refractivity contribution in [2.45, 2.75) is 24.7 Å². The summed E-state index contributed by atoms with van der Waals surface area (Å²) >= 11 is 0. The van der Waals surface area contributed by atoms with Crippen molar-refractivity contribution in [1.29, 1.82) is 0 Å². The van der Waals surface area contributed by atoms with Crippen molar-refractivity contribution in [3.63, 3.8) is 0 Å². The maximum Gasteiger partial charge on any atom is 0.337 e. The molecule has 8 heteroatoms. The first kappa shape index (κ1) is 17.2. The molecule has 25 heavy (non-hydrogen) atoms. The fourth-order valence-corrected chi connectivity index (χ4v) is 4.19. The first-order valence-corrected chi connectivity index (χ1v) is 9.43. The van der Waals surface area contributed by atoms with Crippen LogP contribution in [0, 0.1) is 6.92 Å². The Balaban J connectivity index is 2.04. The summed E-state index contributed by atoms with van der Waals surface area (Å²) in [7, 11) is -3.85. The van der Waals surface area contributed by atoms with Crippen LogP contribution in [-0.2, 0) is 10.0 Å². The van der Waals surface area contributed by atoms with Crippen molar-refractivity contribution in [2.75, 3.05) is 22.7 Å². The molecule has 132 valence electrons. The zero-order chi connectivity index (χ0) is 18.0. The number of aryl methyl sites for hydroxylation is 1. The number of hydrogen-bond donors (Lipinski definition) is 2. The molecule has 1 aliphatic rings. The lowest BCUT2D eigenvalue weighted by Gasteiger charge is -2.21. The van der Waals surface area contributed by atoms with Crippen LogP contribution in [0.25, 0.3) is 0 Å². The Labute approximate surface area is 146 Å². The van der Waals surface area contributed by atoms with Crippen LogP contribution in [0.2, 0.25) is 0 Å². The normalized spacial score (nSPS) is 14.5. The number of sulfonamides is 1. The Bertz CT molecular complexity index is 906. The van der Waals surface area contributed by atoms with E-state index in [0.717, 1.165) is 25.9 Å². The number of nitrogens with one attached hydrogen (secondary N) is 1. The number of carboxylic acids is 1. The Morgan fingerprint density at radius 3 is 2.56 bits per heavy atom. The molecular weight excluding hydrogens is 342 g/mol. The van der Waals surface area contributed by atoms with E-state index in [1.54, 1.807) is 25.1 Å². The van der Waals surface area contributed by atoms with Crippen LogP contribution >= 0.6 is 0 Å². The standard InChI is InChI=1S/C17H19N3O4S/c1-12-6-2-3-7-15(12)25(23,24)19-14-10-13(17(21)22)11-18-16(14)20-8-4-5-9-20/h2-3,6-7,10-11,19H,4-5,8-9H2,1H3,(H,21,22). The molecule has 0 aliphatic carbocycles. The lowest BCUT2D eigenvalue weighted by atomic mass is 10.2. The first-order chi connectivity index (χ1) is 11.9. The van der Waals surface area contributed by atoms with Crippen LogP contribution in [0.1, 0.15) is 28.8 Å². The second-order valence-electron chi connectivity index (χ2n) is 5.97. The molecule has 2 heterocycles. The molecule has 2 N–H and O–H groups in total. The highest BCUT2D eigenvalue weighted by molar-refractivity contribution is 7.92. The van der Waals surface area contributed by atoms with Crippen LogP contribution in [-0.4, -0.2) is 37.6 Å². The van der Waals surface area contributed by atoms with E-state index >= 15 is 0 Å². The van der Waals surface area contributed by atoms with Gasteiger partial charge in [0.1, 0.15) is 0 Å². The molecule has 1 aliphatic heterocycles. The number of benzene rings is 1. The van der Waals surface area contributed by atoms with E-state index in [2.05, 4.69) is 9.71 Å². The Morgan fingerprint density at radius 2 is 1.92 bits per heavy atom. The SMILES string of the molecule is Cc1ccccc1S(=O)(=O)Nc1cc(C(=O)O)cnc1N1CCCC1. The molecular formula is C17H19N3O4S. The lowest BCUT2D eigenvalue weighted by molar-refractivity contribution is 0.0696. The molecule has 7 nitrogen and oxygen atoms in total. The molecule has 0 radical (unpaired) electrons. The highest BCUT2D eigenvalue weighted by Crippen LogP contribution is 2.30. The maximum absolute atomic E-state index is 12.8. The van der Waals surface area contributed by atoms with Gasteiger partial charge in [0.2, 0.25) is 0 Å². The van der Waals surface area contributed by atoms with E-state index in [4.69, 9.17) is 0 Å². The number of carboxylic acid groups (broad SMARTS) is 1. The van der Waals surface area contributed by atoms with Crippen LogP contribution in [0.5, 0.6) is 0 Å². The second kappa shape index (κ2) is 6.72. The fourth-order valence-electron chi connectivity index (χ4n) is 2.89. The van der Waals surface area contributed by atoms with E-state index in [-0.39, 0.29) is 16.1 Å². The topological polar surface area (TPSA) is 99.6 Å². The van der Waals surface area contributed by atoms with Gasteiger partial charge >= 0.3 is 5.97 Å². The third-order valence-corrected chi connectivity index (χ3v) is 5.67. The third-order valence-electron chi connectivity index (χ3n) is 4.15. The predicted octanol–water partition coefficient (Wildman–Crippen LogP) is 2.49. The molecule has 1 fully saturated rings. The largest absolute Gasteiger partial charge is 0.478 e. The summed E-state index contributed by atoms with van der Waals surface area (Å²) < 4.78 is 28.1. The van der Waals surface area contributed by atoms with Crippen LogP contribution < -0.4 is 9.62 Å². The molecule has 2 aromatic rings. The minimum absolute atomic E-state index is 0.0644. The van der Waals surface area contributed by atoms with E-state index in [1.807, 2.05) is 4.90 Å². The predicted molar refractivity (Wildman–Crippen MR) is 94.6 cm³/mol. The van der Waals surface area contributed by atoms with Gasteiger partial charge in [0.25, 0.3) is 10.0 Å². The van der Waals surface area contributed by atoms with Crippen molar-refractivity contribution >= 4 is 27.5 Å². The number of carbonyl (C=O) groups is 1. The van der Waals surface area contributed by atoms with Gasteiger partial charge in [-0.1, -0.05) is 18.2 Å². The summed E-state index contributed by atoms with van der Waals surface area (Å²) in [6.07, 6.45) is 3.24. The molecule has 0 amide bonds. The summed E-state index contributed by atoms with van der Waals surface area (Å²) in [5, 5.41) is 9.19. The molecule has 0 atom stereocenters. The quantitative estimate of drug-likeness (QED) is 0.849. The van der Waals surface area contributed by atoms with Crippen molar-refractivity contribution in [3.8, 4) is 0 Å². The summed E-state index contributed by atoms with van der Waals surface area (Å²) in [5.74, 6) is -0.698. The highest BCUT2D eigenvalue weighted by Gasteiger charge is 2.23. The van der Waals surface area contributed by atoms with Crippen LogP contribution in [0.4, 0.5) is 11.5 Å². The number of hydrogen-bond acceptors (Lipinski definition) is 5. The molecule has 0 saturated carbocycles. The number of aromatic carboxylic acids is 1. The monoisotopic (exact) mass is 361 g/mol. The fraction of sp³-hybridized carbons (Fsp3) is 0.294. The Morgan fingerprint density at radius 1 is 1.24 bits per heavy atom. The summed E-state index contributed by atoms with van der Waals surface area (Å²) in [6.45, 7) is 3.24. The molecule has 0 unspecified atom stereocenters. The van der Waals surface area contributed by atoms with Gasteiger partial charge in [0, 0.05) is 19.3 Å². The first-order valence-electron chi connectivity index (χ1n) is 7.95. The average Bonchev–Trinajstić information content (AvgIpc) is 3.08. The van der Waals surface area contributed by atoms with E-state index < -0.39 is 16.0 Å². The number of anilines is 2. The Kier molecular flexibility index (Phi) is 4.63. The van der Waals surface area contributed by atoms with E-state index in [9.17, 15) is 18.3 Å². The van der Waals surface area contributed by atoms with Gasteiger partial charge in [-0.05, 0) is 37.5 Å². The van der Waals surface area contributed by atoms with Gasteiger partial charge in [-0.2, -0.15) is 0 Å². The van der Waals surface area contributed by atoms with Crippen molar-refractivity contribution in [1.82, 2.24) is 4.98 Å². The van der Waals surface area contributed by atoms with Gasteiger partial charge in [0.15, 0.2) is 5.82 Å². The molecule has 1 aromatic heterocycles. The molecule has 3 rings (SSSR count). The zero-order valence-electron chi connectivity index (χ0n) is 13.8. The number of aromatic nitrogens is 1. The third kappa shape index (κ3) is 3.58. The van der Waals surface area contributed by atoms with E-state index in [1.165, 1.54) is 18.3 Å². The van der Waals surface area contributed by atoms with Gasteiger partial charge in [0.05, 0.1) is 16.1 Å². The van der Waals surface area contributed by atoms with Gasteiger partial charge in [-0.15, -0.1) is 0 Å². The average molecular weight is 361 g/mol. The van der Waals surface area contributed by atoms with Gasteiger partial charge < -0.3 is 10.0 Å². The lowest BCUT2D eigenvalue weighted by Crippen LogP contribution is -2.23. The zero-order valence-corrected chi connectivity index (χ0v) is 14.6. The minimum atomic E-state index is -3.85. The summed E-state index contributed by atoms with van der Waals surface area (Å²) in [6, 6.07) is 7.95. The molecule has 0 spiro atoms. The van der Waals surface area contributed by atoms with Crippen molar-refractivity contribution in [2.24, 2.45) is 0 Å². The van der Waals surface area contributed by atoms with Crippen molar-refractivity contribution in [3.05, 3.63) is 47.7 Å². The van der Waals surface area contributed by atoms with Crippen LogP contribution in [0.3, 0.4) is 0 Å². The number of pyridine rings is 1. The van der Waals surface area contributed by atoms with Crippen LogP contribution in [0.15, 0.2) is 41.4 Å². The second-order valence-corrected chi connectivity index (χ2v) is 7.62. The molecule has 0 bridgehead atoms. The summed E-state index contributed by atoms with van der Waals surface area (Å²) in [4.78, 5) is 17.6. The molecule has 1 aromatic carbocycles. The smallest absolute Gasteiger partial charge is 0.337 e.